The molecule has 0 fully saturated rings. The van der Waals surface area contributed by atoms with Gasteiger partial charge in [-0.3, -0.25) is 0 Å². The Morgan fingerprint density at radius 3 is 2.38 bits per heavy atom. The summed E-state index contributed by atoms with van der Waals surface area (Å²) in [6.07, 6.45) is 0.868. The summed E-state index contributed by atoms with van der Waals surface area (Å²) in [5.74, 6) is 1.62. The molecule has 1 N–H and O–H groups in total. The van der Waals surface area contributed by atoms with Crippen molar-refractivity contribution < 1.29 is 9.21 Å². The van der Waals surface area contributed by atoms with Gasteiger partial charge in [-0.25, -0.2) is 4.79 Å². The summed E-state index contributed by atoms with van der Waals surface area (Å²) in [5.41, 5.74) is 3.05. The smallest absolute Gasteiger partial charge is 0.322 e. The van der Waals surface area contributed by atoms with Crippen molar-refractivity contribution in [3.63, 3.8) is 0 Å². The summed E-state index contributed by atoms with van der Waals surface area (Å²) in [6.45, 7) is 4.92. The summed E-state index contributed by atoms with van der Waals surface area (Å²) >= 11 is 0. The Bertz CT molecular complexity index is 855. The van der Waals surface area contributed by atoms with Crippen molar-refractivity contribution in [2.24, 2.45) is 0 Å². The maximum atomic E-state index is 13.0. The van der Waals surface area contributed by atoms with E-state index in [1.807, 2.05) is 73.7 Å². The van der Waals surface area contributed by atoms with Gasteiger partial charge in [-0.05, 0) is 42.7 Å². The minimum atomic E-state index is -0.135. The van der Waals surface area contributed by atoms with E-state index in [1.165, 1.54) is 0 Å². The molecule has 0 spiro atoms. The lowest BCUT2D eigenvalue weighted by molar-refractivity contribution is 0.201. The van der Waals surface area contributed by atoms with Gasteiger partial charge in [-0.2, -0.15) is 0 Å². The third-order valence-corrected chi connectivity index (χ3v) is 4.29. The number of urea groups is 1. The predicted molar refractivity (Wildman–Crippen MR) is 104 cm³/mol. The molecule has 134 valence electrons. The van der Waals surface area contributed by atoms with Crippen LogP contribution in [0.4, 0.5) is 10.5 Å². The minimum Gasteiger partial charge on any atom is -0.464 e. The number of aryl methyl sites for hydroxylation is 2. The number of furan rings is 1. The number of nitrogens with zero attached hydrogens (tertiary/aromatic N) is 1. The number of anilines is 1. The van der Waals surface area contributed by atoms with Crippen LogP contribution in [0.15, 0.2) is 71.1 Å². The summed E-state index contributed by atoms with van der Waals surface area (Å²) in [5, 5.41) is 3.05. The zero-order valence-corrected chi connectivity index (χ0v) is 15.2. The maximum absolute atomic E-state index is 13.0. The molecule has 0 atom stereocenters. The zero-order valence-electron chi connectivity index (χ0n) is 15.2. The van der Waals surface area contributed by atoms with Crippen LogP contribution in [0.1, 0.15) is 29.6 Å². The minimum absolute atomic E-state index is 0.135. The van der Waals surface area contributed by atoms with Crippen LogP contribution in [-0.4, -0.2) is 10.9 Å². The van der Waals surface area contributed by atoms with Gasteiger partial charge in [0.2, 0.25) is 0 Å². The van der Waals surface area contributed by atoms with E-state index in [0.29, 0.717) is 13.1 Å². The number of hydrogen-bond donors (Lipinski definition) is 1. The number of hydrogen-bond acceptors (Lipinski definition) is 2. The molecule has 4 heteroatoms. The van der Waals surface area contributed by atoms with Crippen LogP contribution in [0.25, 0.3) is 0 Å². The van der Waals surface area contributed by atoms with E-state index in [-0.39, 0.29) is 6.03 Å². The monoisotopic (exact) mass is 348 g/mol. The molecule has 2 amide bonds. The third kappa shape index (κ3) is 4.54. The summed E-state index contributed by atoms with van der Waals surface area (Å²) in [7, 11) is 0. The number of amides is 2. The van der Waals surface area contributed by atoms with Gasteiger partial charge in [0.1, 0.15) is 11.5 Å². The lowest BCUT2D eigenvalue weighted by Crippen LogP contribution is -2.34. The van der Waals surface area contributed by atoms with Gasteiger partial charge in [0, 0.05) is 12.2 Å². The number of carbonyl (C=O) groups excluding carboxylic acids is 1. The average molecular weight is 348 g/mol. The fourth-order valence-corrected chi connectivity index (χ4v) is 2.91. The van der Waals surface area contributed by atoms with Crippen LogP contribution in [0.3, 0.4) is 0 Å². The first kappa shape index (κ1) is 17.8. The number of carbonyl (C=O) groups is 1. The topological polar surface area (TPSA) is 45.5 Å². The van der Waals surface area contributed by atoms with Gasteiger partial charge in [0.25, 0.3) is 0 Å². The van der Waals surface area contributed by atoms with Crippen LogP contribution < -0.4 is 5.32 Å². The van der Waals surface area contributed by atoms with Gasteiger partial charge < -0.3 is 14.6 Å². The highest BCUT2D eigenvalue weighted by Gasteiger charge is 2.17. The molecule has 0 radical (unpaired) electrons. The quantitative estimate of drug-likeness (QED) is 0.649. The van der Waals surface area contributed by atoms with Gasteiger partial charge >= 0.3 is 6.03 Å². The molecule has 1 heterocycles. The highest BCUT2D eigenvalue weighted by atomic mass is 16.3. The summed E-state index contributed by atoms with van der Waals surface area (Å²) in [6, 6.07) is 21.6. The number of nitrogens with one attached hydrogen (secondary N) is 1. The lowest BCUT2D eigenvalue weighted by atomic mass is 10.1. The molecular formula is C22H24N2O2. The first-order chi connectivity index (χ1) is 12.7. The Labute approximate surface area is 154 Å². The standard InChI is InChI=1S/C22H24N2O2/c1-3-19-11-7-8-12-21(19)23-22(25)24(15-18-9-5-4-6-10-18)16-20-14-13-17(2)26-20/h4-14H,3,15-16H2,1-2H3,(H,23,25). The van der Waals surface area contributed by atoms with Crippen LogP contribution in [0.5, 0.6) is 0 Å². The highest BCUT2D eigenvalue weighted by molar-refractivity contribution is 5.90. The molecule has 26 heavy (non-hydrogen) atoms. The normalized spacial score (nSPS) is 10.5. The fourth-order valence-electron chi connectivity index (χ4n) is 2.91. The second-order valence-corrected chi connectivity index (χ2v) is 6.29. The lowest BCUT2D eigenvalue weighted by Gasteiger charge is -2.23. The number of rotatable bonds is 6. The zero-order chi connectivity index (χ0) is 18.4. The van der Waals surface area contributed by atoms with E-state index in [9.17, 15) is 4.79 Å². The first-order valence-corrected chi connectivity index (χ1v) is 8.88. The van der Waals surface area contributed by atoms with Gasteiger partial charge in [-0.1, -0.05) is 55.5 Å². The molecule has 3 aromatic rings. The number of benzene rings is 2. The largest absolute Gasteiger partial charge is 0.464 e. The highest BCUT2D eigenvalue weighted by Crippen LogP contribution is 2.18. The fraction of sp³-hybridized carbons (Fsp3) is 0.227. The molecule has 0 unspecified atom stereocenters. The predicted octanol–water partition coefficient (Wildman–Crippen LogP) is 5.38. The van der Waals surface area contributed by atoms with E-state index in [2.05, 4.69) is 12.2 Å². The number of para-hydroxylation sites is 1. The van der Waals surface area contributed by atoms with Crippen LogP contribution in [-0.2, 0) is 19.5 Å². The molecule has 4 nitrogen and oxygen atoms in total. The van der Waals surface area contributed by atoms with Crippen LogP contribution in [0, 0.1) is 6.92 Å². The maximum Gasteiger partial charge on any atom is 0.322 e. The molecule has 0 saturated heterocycles. The summed E-state index contributed by atoms with van der Waals surface area (Å²) < 4.78 is 5.68. The van der Waals surface area contributed by atoms with Crippen LogP contribution in [0.2, 0.25) is 0 Å². The van der Waals surface area contributed by atoms with E-state index < -0.39 is 0 Å². The Morgan fingerprint density at radius 1 is 0.962 bits per heavy atom. The molecular weight excluding hydrogens is 324 g/mol. The molecule has 0 aliphatic carbocycles. The summed E-state index contributed by atoms with van der Waals surface area (Å²) in [4.78, 5) is 14.7. The van der Waals surface area contributed by atoms with Gasteiger partial charge in [0.05, 0.1) is 6.54 Å². The molecule has 0 saturated carbocycles. The first-order valence-electron chi connectivity index (χ1n) is 8.88. The second kappa shape index (κ2) is 8.39. The molecule has 0 aliphatic heterocycles. The average Bonchev–Trinajstić information content (AvgIpc) is 3.07. The van der Waals surface area contributed by atoms with Crippen molar-refractivity contribution in [1.29, 1.82) is 0 Å². The Morgan fingerprint density at radius 2 is 1.69 bits per heavy atom. The van der Waals surface area contributed by atoms with Gasteiger partial charge in [-0.15, -0.1) is 0 Å². The molecule has 1 aromatic heterocycles. The SMILES string of the molecule is CCc1ccccc1NC(=O)N(Cc1ccccc1)Cc1ccc(C)o1. The van der Waals surface area contributed by atoms with Crippen LogP contribution >= 0.6 is 0 Å². The van der Waals surface area contributed by atoms with Crippen molar-refractivity contribution in [2.75, 3.05) is 5.32 Å². The van der Waals surface area contributed by atoms with E-state index in [4.69, 9.17) is 4.42 Å². The Kier molecular flexibility index (Phi) is 5.74. The van der Waals surface area contributed by atoms with Crippen molar-refractivity contribution >= 4 is 11.7 Å². The third-order valence-electron chi connectivity index (χ3n) is 4.29. The Hall–Kier alpha value is -3.01. The molecule has 2 aromatic carbocycles. The second-order valence-electron chi connectivity index (χ2n) is 6.29. The van der Waals surface area contributed by atoms with Crippen molar-refractivity contribution in [1.82, 2.24) is 4.90 Å². The van der Waals surface area contributed by atoms with Crippen molar-refractivity contribution in [3.05, 3.63) is 89.4 Å². The molecule has 0 bridgehead atoms. The van der Waals surface area contributed by atoms with Crippen molar-refractivity contribution in [2.45, 2.75) is 33.4 Å². The van der Waals surface area contributed by atoms with E-state index >= 15 is 0 Å². The van der Waals surface area contributed by atoms with Crippen molar-refractivity contribution in [3.8, 4) is 0 Å². The van der Waals surface area contributed by atoms with E-state index in [0.717, 1.165) is 34.8 Å². The van der Waals surface area contributed by atoms with Gasteiger partial charge in [0.15, 0.2) is 0 Å². The Balaban J connectivity index is 1.80. The van der Waals surface area contributed by atoms with E-state index in [1.54, 1.807) is 4.90 Å². The molecule has 0 aliphatic rings. The molecule has 3 rings (SSSR count).